The van der Waals surface area contributed by atoms with Crippen molar-refractivity contribution in [2.75, 3.05) is 0 Å². The van der Waals surface area contributed by atoms with Crippen LogP contribution >= 0.6 is 11.3 Å². The van der Waals surface area contributed by atoms with Gasteiger partial charge in [-0.05, 0) is 12.1 Å². The van der Waals surface area contributed by atoms with E-state index in [1.54, 1.807) is 24.3 Å². The summed E-state index contributed by atoms with van der Waals surface area (Å²) in [6, 6.07) is 26.4. The average molecular weight is 397 g/mol. The molecule has 0 spiro atoms. The highest BCUT2D eigenvalue weighted by Crippen LogP contribution is 2.43. The number of benzene rings is 3. The predicted molar refractivity (Wildman–Crippen MR) is 116 cm³/mol. The summed E-state index contributed by atoms with van der Waals surface area (Å²) < 4.78 is 5.50. The fourth-order valence-electron chi connectivity index (χ4n) is 3.32. The van der Waals surface area contributed by atoms with Gasteiger partial charge in [-0.25, -0.2) is 9.78 Å². The van der Waals surface area contributed by atoms with E-state index in [1.807, 2.05) is 60.7 Å². The van der Waals surface area contributed by atoms with Crippen molar-refractivity contribution in [3.8, 4) is 38.0 Å². The van der Waals surface area contributed by atoms with E-state index in [9.17, 15) is 9.90 Å². The third-order valence-corrected chi connectivity index (χ3v) is 5.83. The fourth-order valence-corrected chi connectivity index (χ4v) is 4.45. The van der Waals surface area contributed by atoms with Crippen LogP contribution in [0.3, 0.4) is 0 Å². The van der Waals surface area contributed by atoms with Gasteiger partial charge in [0.25, 0.3) is 0 Å². The van der Waals surface area contributed by atoms with E-state index in [1.165, 1.54) is 11.3 Å². The zero-order chi connectivity index (χ0) is 19.8. The molecule has 2 heterocycles. The maximum atomic E-state index is 12.8. The fraction of sp³-hybridized carbons (Fsp3) is 0. The molecule has 5 rings (SSSR count). The largest absolute Gasteiger partial charge is 0.506 e. The van der Waals surface area contributed by atoms with Gasteiger partial charge in [-0.2, -0.15) is 0 Å². The molecule has 140 valence electrons. The van der Waals surface area contributed by atoms with Crippen LogP contribution in [0, 0.1) is 0 Å². The molecule has 0 radical (unpaired) electrons. The van der Waals surface area contributed by atoms with Crippen molar-refractivity contribution in [1.29, 1.82) is 0 Å². The summed E-state index contributed by atoms with van der Waals surface area (Å²) in [6.07, 6.45) is 0. The molecule has 0 unspecified atom stereocenters. The summed E-state index contributed by atoms with van der Waals surface area (Å²) in [7, 11) is 0. The smallest absolute Gasteiger partial charge is 0.348 e. The maximum Gasteiger partial charge on any atom is 0.348 e. The lowest BCUT2D eigenvalue weighted by Crippen LogP contribution is -2.03. The van der Waals surface area contributed by atoms with E-state index in [-0.39, 0.29) is 11.3 Å². The van der Waals surface area contributed by atoms with Gasteiger partial charge in [0.1, 0.15) is 21.9 Å². The zero-order valence-corrected chi connectivity index (χ0v) is 16.0. The van der Waals surface area contributed by atoms with Gasteiger partial charge in [-0.3, -0.25) is 0 Å². The third kappa shape index (κ3) is 3.02. The molecule has 0 fully saturated rings. The number of thiazole rings is 1. The van der Waals surface area contributed by atoms with Crippen molar-refractivity contribution >= 4 is 22.3 Å². The van der Waals surface area contributed by atoms with Gasteiger partial charge in [0.2, 0.25) is 0 Å². The van der Waals surface area contributed by atoms with Gasteiger partial charge in [-0.1, -0.05) is 72.8 Å². The molecule has 0 saturated carbocycles. The second-order valence-electron chi connectivity index (χ2n) is 6.54. The Bertz CT molecular complexity index is 1370. The number of hydrogen-bond acceptors (Lipinski definition) is 5. The van der Waals surface area contributed by atoms with Gasteiger partial charge in [0.05, 0.1) is 16.0 Å². The first-order valence-electron chi connectivity index (χ1n) is 9.09. The molecule has 5 aromatic rings. The summed E-state index contributed by atoms with van der Waals surface area (Å²) in [5.41, 5.74) is 2.38. The molecule has 0 amide bonds. The Morgan fingerprint density at radius 3 is 2.14 bits per heavy atom. The summed E-state index contributed by atoms with van der Waals surface area (Å²) >= 11 is 1.37. The van der Waals surface area contributed by atoms with Crippen molar-refractivity contribution in [3.05, 3.63) is 95.3 Å². The van der Waals surface area contributed by atoms with E-state index in [0.29, 0.717) is 21.5 Å². The molecule has 0 atom stereocenters. The molecule has 0 saturated heterocycles. The molecule has 0 aliphatic rings. The second-order valence-corrected chi connectivity index (χ2v) is 7.54. The molecule has 0 aliphatic heterocycles. The number of para-hydroxylation sites is 1. The standard InChI is InChI=1S/C24H15NO3S/c26-21-17-13-7-8-14-18(17)28-24(27)19(21)22-20(15-9-3-1-4-10-15)25-23(29-22)16-11-5-2-6-12-16/h1-14,26H. The molecule has 4 nitrogen and oxygen atoms in total. The van der Waals surface area contributed by atoms with Crippen molar-refractivity contribution < 1.29 is 9.52 Å². The Labute approximate surface area is 170 Å². The summed E-state index contributed by atoms with van der Waals surface area (Å²) in [4.78, 5) is 18.2. The Hall–Kier alpha value is -3.70. The average Bonchev–Trinajstić information content (AvgIpc) is 3.20. The van der Waals surface area contributed by atoms with Crippen molar-refractivity contribution in [3.63, 3.8) is 0 Å². The van der Waals surface area contributed by atoms with Crippen LogP contribution in [-0.4, -0.2) is 10.1 Å². The van der Waals surface area contributed by atoms with Crippen LogP contribution < -0.4 is 5.63 Å². The molecule has 29 heavy (non-hydrogen) atoms. The number of fused-ring (bicyclic) bond motifs is 1. The topological polar surface area (TPSA) is 63.3 Å². The lowest BCUT2D eigenvalue weighted by atomic mass is 10.1. The lowest BCUT2D eigenvalue weighted by Gasteiger charge is -2.06. The molecule has 1 N–H and O–H groups in total. The Kier molecular flexibility index (Phi) is 4.22. The molecule has 0 bridgehead atoms. The van der Waals surface area contributed by atoms with Crippen LogP contribution in [0.4, 0.5) is 0 Å². The summed E-state index contributed by atoms with van der Waals surface area (Å²) in [6.45, 7) is 0. The van der Waals surface area contributed by atoms with E-state index >= 15 is 0 Å². The minimum Gasteiger partial charge on any atom is -0.506 e. The highest BCUT2D eigenvalue weighted by molar-refractivity contribution is 7.19. The summed E-state index contributed by atoms with van der Waals surface area (Å²) in [5.74, 6) is -0.0858. The lowest BCUT2D eigenvalue weighted by molar-refractivity contribution is 0.471. The minimum absolute atomic E-state index is 0.0858. The quantitative estimate of drug-likeness (QED) is 0.382. The molecular weight excluding hydrogens is 382 g/mol. The minimum atomic E-state index is -0.582. The Morgan fingerprint density at radius 1 is 0.793 bits per heavy atom. The van der Waals surface area contributed by atoms with E-state index < -0.39 is 5.63 Å². The zero-order valence-electron chi connectivity index (χ0n) is 15.2. The SMILES string of the molecule is O=c1oc2ccccc2c(O)c1-c1sc(-c2ccccc2)nc1-c1ccccc1. The first kappa shape index (κ1) is 17.4. The van der Waals surface area contributed by atoms with Crippen molar-refractivity contribution in [1.82, 2.24) is 4.98 Å². The highest BCUT2D eigenvalue weighted by Gasteiger charge is 2.23. The van der Waals surface area contributed by atoms with E-state index in [2.05, 4.69) is 0 Å². The molecular formula is C24H15NO3S. The van der Waals surface area contributed by atoms with Gasteiger partial charge < -0.3 is 9.52 Å². The first-order chi connectivity index (χ1) is 14.2. The number of hydrogen-bond donors (Lipinski definition) is 1. The van der Waals surface area contributed by atoms with Crippen LogP contribution in [-0.2, 0) is 0 Å². The first-order valence-corrected chi connectivity index (χ1v) is 9.91. The van der Waals surface area contributed by atoms with Crippen LogP contribution in [0.1, 0.15) is 0 Å². The highest BCUT2D eigenvalue weighted by atomic mass is 32.1. The number of rotatable bonds is 3. The molecule has 3 aromatic carbocycles. The monoisotopic (exact) mass is 397 g/mol. The summed E-state index contributed by atoms with van der Waals surface area (Å²) in [5, 5.41) is 12.2. The van der Waals surface area contributed by atoms with Gasteiger partial charge in [0.15, 0.2) is 0 Å². The Balaban J connectivity index is 1.82. The second kappa shape index (κ2) is 7.04. The van der Waals surface area contributed by atoms with E-state index in [4.69, 9.17) is 9.40 Å². The van der Waals surface area contributed by atoms with Crippen molar-refractivity contribution in [2.24, 2.45) is 0 Å². The predicted octanol–water partition coefficient (Wildman–Crippen LogP) is 5.96. The molecule has 2 aromatic heterocycles. The normalized spacial score (nSPS) is 11.0. The number of aromatic hydroxyl groups is 1. The third-order valence-electron chi connectivity index (χ3n) is 4.71. The van der Waals surface area contributed by atoms with Gasteiger partial charge in [0, 0.05) is 11.1 Å². The van der Waals surface area contributed by atoms with Crippen LogP contribution in [0.5, 0.6) is 5.75 Å². The number of nitrogens with zero attached hydrogens (tertiary/aromatic N) is 1. The van der Waals surface area contributed by atoms with Gasteiger partial charge >= 0.3 is 5.63 Å². The Morgan fingerprint density at radius 2 is 1.41 bits per heavy atom. The van der Waals surface area contributed by atoms with Crippen molar-refractivity contribution in [2.45, 2.75) is 0 Å². The van der Waals surface area contributed by atoms with Crippen LogP contribution in [0.25, 0.3) is 43.2 Å². The van der Waals surface area contributed by atoms with E-state index in [0.717, 1.165) is 16.1 Å². The van der Waals surface area contributed by atoms with Crippen LogP contribution in [0.15, 0.2) is 94.1 Å². The maximum absolute atomic E-state index is 12.8. The number of aromatic nitrogens is 1. The molecule has 5 heteroatoms. The van der Waals surface area contributed by atoms with Gasteiger partial charge in [-0.15, -0.1) is 11.3 Å². The molecule has 0 aliphatic carbocycles. The van der Waals surface area contributed by atoms with Crippen LogP contribution in [0.2, 0.25) is 0 Å².